The van der Waals surface area contributed by atoms with Gasteiger partial charge in [0.05, 0.1) is 5.56 Å². The van der Waals surface area contributed by atoms with Crippen molar-refractivity contribution in [3.8, 4) is 0 Å². The lowest BCUT2D eigenvalue weighted by molar-refractivity contribution is 0.0956. The molecule has 4 heteroatoms. The summed E-state index contributed by atoms with van der Waals surface area (Å²) in [5, 5.41) is 3.33. The highest BCUT2D eigenvalue weighted by Gasteiger charge is 2.09. The van der Waals surface area contributed by atoms with Crippen molar-refractivity contribution in [1.82, 2.24) is 5.32 Å². The van der Waals surface area contributed by atoms with Crippen molar-refractivity contribution in [3.05, 3.63) is 44.5 Å². The molecule has 0 aromatic heterocycles. The number of benzene rings is 1. The summed E-state index contributed by atoms with van der Waals surface area (Å²) in [7, 11) is 0. The number of rotatable bonds is 3. The van der Waals surface area contributed by atoms with E-state index in [1.165, 1.54) is 0 Å². The van der Waals surface area contributed by atoms with E-state index in [9.17, 15) is 4.79 Å². The zero-order valence-corrected chi connectivity index (χ0v) is 11.2. The Labute approximate surface area is 108 Å². The molecule has 1 rings (SSSR count). The molecule has 0 heterocycles. The summed E-state index contributed by atoms with van der Waals surface area (Å²) >= 11 is 7.93. The van der Waals surface area contributed by atoms with Crippen LogP contribution in [0.2, 0.25) is 5.02 Å². The fourth-order valence-electron chi connectivity index (χ4n) is 0.998. The average Bonchev–Trinajstić information content (AvgIpc) is 2.18. The molecule has 0 radical (unpaired) electrons. The summed E-state index contributed by atoms with van der Waals surface area (Å²) in [6.45, 7) is 6.07. The second kappa shape index (κ2) is 5.51. The van der Waals surface area contributed by atoms with Crippen molar-refractivity contribution in [3.63, 3.8) is 0 Å². The first-order valence-electron chi connectivity index (χ1n) is 4.38. The molecule has 1 aromatic carbocycles. The second-order valence-electron chi connectivity index (χ2n) is 3.26. The summed E-state index contributed by atoms with van der Waals surface area (Å²) in [5.74, 6) is -0.120. The van der Waals surface area contributed by atoms with E-state index in [0.717, 1.165) is 9.14 Å². The minimum absolute atomic E-state index is 0.120. The van der Waals surface area contributed by atoms with Crippen molar-refractivity contribution < 1.29 is 4.79 Å². The van der Waals surface area contributed by atoms with Crippen LogP contribution < -0.4 is 5.32 Å². The summed E-state index contributed by atoms with van der Waals surface area (Å²) in [6.07, 6.45) is 0. The van der Waals surface area contributed by atoms with Gasteiger partial charge in [-0.2, -0.15) is 0 Å². The van der Waals surface area contributed by atoms with Gasteiger partial charge in [0.25, 0.3) is 5.91 Å². The van der Waals surface area contributed by atoms with Gasteiger partial charge in [-0.25, -0.2) is 0 Å². The Balaban J connectivity index is 2.81. The summed E-state index contributed by atoms with van der Waals surface area (Å²) in [5.41, 5.74) is 1.52. The smallest absolute Gasteiger partial charge is 0.252 e. The van der Waals surface area contributed by atoms with Crippen LogP contribution in [0.4, 0.5) is 0 Å². The van der Waals surface area contributed by atoms with Crippen molar-refractivity contribution in [2.24, 2.45) is 0 Å². The number of amides is 1. The van der Waals surface area contributed by atoms with Crippen LogP contribution in [0.5, 0.6) is 0 Å². The predicted octanol–water partition coefficient (Wildman–Crippen LogP) is 3.25. The van der Waals surface area contributed by atoms with Crippen molar-refractivity contribution in [1.29, 1.82) is 0 Å². The van der Waals surface area contributed by atoms with Gasteiger partial charge in [0, 0.05) is 15.1 Å². The average molecular weight is 336 g/mol. The minimum atomic E-state index is -0.120. The molecule has 0 unspecified atom stereocenters. The molecule has 0 saturated carbocycles. The quantitative estimate of drug-likeness (QED) is 0.667. The summed E-state index contributed by atoms with van der Waals surface area (Å²) in [4.78, 5) is 11.7. The maximum Gasteiger partial charge on any atom is 0.252 e. The number of hydrogen-bond acceptors (Lipinski definition) is 1. The van der Waals surface area contributed by atoms with E-state index in [0.29, 0.717) is 17.1 Å². The number of nitrogens with one attached hydrogen (secondary N) is 1. The predicted molar refractivity (Wildman–Crippen MR) is 71.3 cm³/mol. The van der Waals surface area contributed by atoms with E-state index < -0.39 is 0 Å². The number of carbonyl (C=O) groups excluding carboxylic acids is 1. The molecule has 0 aliphatic carbocycles. The van der Waals surface area contributed by atoms with Gasteiger partial charge in [0.1, 0.15) is 0 Å². The van der Waals surface area contributed by atoms with Gasteiger partial charge in [-0.15, -0.1) is 0 Å². The van der Waals surface area contributed by atoms with Crippen LogP contribution in [0.1, 0.15) is 17.3 Å². The monoisotopic (exact) mass is 335 g/mol. The first-order chi connectivity index (χ1) is 7.00. The molecule has 15 heavy (non-hydrogen) atoms. The van der Waals surface area contributed by atoms with Gasteiger partial charge in [-0.1, -0.05) is 23.8 Å². The van der Waals surface area contributed by atoms with Gasteiger partial charge >= 0.3 is 0 Å². The number of halogens is 2. The van der Waals surface area contributed by atoms with Crippen LogP contribution in [0, 0.1) is 3.57 Å². The van der Waals surface area contributed by atoms with Crippen LogP contribution in [0.15, 0.2) is 30.4 Å². The number of hydrogen-bond donors (Lipinski definition) is 1. The maximum atomic E-state index is 11.7. The van der Waals surface area contributed by atoms with E-state index in [1.54, 1.807) is 12.1 Å². The van der Waals surface area contributed by atoms with E-state index >= 15 is 0 Å². The fraction of sp³-hybridized carbons (Fsp3) is 0.182. The molecule has 0 spiro atoms. The first-order valence-corrected chi connectivity index (χ1v) is 5.84. The van der Waals surface area contributed by atoms with Crippen molar-refractivity contribution in [2.45, 2.75) is 6.92 Å². The van der Waals surface area contributed by atoms with Crippen molar-refractivity contribution >= 4 is 40.1 Å². The molecular formula is C11H11ClINO. The highest BCUT2D eigenvalue weighted by Crippen LogP contribution is 2.17. The van der Waals surface area contributed by atoms with Crippen LogP contribution in [0.3, 0.4) is 0 Å². The van der Waals surface area contributed by atoms with Crippen molar-refractivity contribution in [2.75, 3.05) is 6.54 Å². The van der Waals surface area contributed by atoms with E-state index in [-0.39, 0.29) is 5.91 Å². The molecular weight excluding hydrogens is 324 g/mol. The third-order valence-corrected chi connectivity index (χ3v) is 2.90. The van der Waals surface area contributed by atoms with E-state index in [2.05, 4.69) is 34.5 Å². The van der Waals surface area contributed by atoms with Crippen LogP contribution in [-0.4, -0.2) is 12.5 Å². The maximum absolute atomic E-state index is 11.7. The molecule has 0 aliphatic heterocycles. The molecule has 0 fully saturated rings. The van der Waals surface area contributed by atoms with Gasteiger partial charge in [-0.05, 0) is 47.7 Å². The standard InChI is InChI=1S/C11H11ClINO/c1-7(2)6-14-11(15)9-5-8(12)3-4-10(9)13/h3-5H,1,6H2,2H3,(H,14,15). The van der Waals surface area contributed by atoms with Crippen LogP contribution in [-0.2, 0) is 0 Å². The topological polar surface area (TPSA) is 29.1 Å². The highest BCUT2D eigenvalue weighted by atomic mass is 127. The van der Waals surface area contributed by atoms with Crippen LogP contribution >= 0.6 is 34.2 Å². The normalized spacial score (nSPS) is 9.80. The molecule has 0 aliphatic rings. The zero-order chi connectivity index (χ0) is 11.4. The zero-order valence-electron chi connectivity index (χ0n) is 8.31. The molecule has 0 atom stereocenters. The largest absolute Gasteiger partial charge is 0.348 e. The Hall–Kier alpha value is -0.550. The molecule has 0 bridgehead atoms. The van der Waals surface area contributed by atoms with Crippen LogP contribution in [0.25, 0.3) is 0 Å². The van der Waals surface area contributed by atoms with E-state index in [1.807, 2.05) is 13.0 Å². The van der Waals surface area contributed by atoms with Gasteiger partial charge in [-0.3, -0.25) is 4.79 Å². The summed E-state index contributed by atoms with van der Waals surface area (Å²) in [6, 6.07) is 5.24. The third-order valence-electron chi connectivity index (χ3n) is 1.72. The van der Waals surface area contributed by atoms with E-state index in [4.69, 9.17) is 11.6 Å². The third kappa shape index (κ3) is 3.83. The Morgan fingerprint density at radius 3 is 2.87 bits per heavy atom. The fourth-order valence-corrected chi connectivity index (χ4v) is 1.75. The van der Waals surface area contributed by atoms with Gasteiger partial charge < -0.3 is 5.32 Å². The second-order valence-corrected chi connectivity index (χ2v) is 4.86. The van der Waals surface area contributed by atoms with Gasteiger partial charge in [0.2, 0.25) is 0 Å². The molecule has 1 N–H and O–H groups in total. The van der Waals surface area contributed by atoms with Gasteiger partial charge in [0.15, 0.2) is 0 Å². The molecule has 2 nitrogen and oxygen atoms in total. The lowest BCUT2D eigenvalue weighted by atomic mass is 10.2. The lowest BCUT2D eigenvalue weighted by Crippen LogP contribution is -2.25. The Kier molecular flexibility index (Phi) is 4.60. The molecule has 1 aromatic rings. The highest BCUT2D eigenvalue weighted by molar-refractivity contribution is 14.1. The molecule has 1 amide bonds. The minimum Gasteiger partial charge on any atom is -0.348 e. The number of carbonyl (C=O) groups is 1. The molecule has 80 valence electrons. The first kappa shape index (κ1) is 12.5. The molecule has 0 saturated heterocycles. The Morgan fingerprint density at radius 1 is 1.60 bits per heavy atom. The SMILES string of the molecule is C=C(C)CNC(=O)c1cc(Cl)ccc1I. The Morgan fingerprint density at radius 2 is 2.27 bits per heavy atom. The Bertz CT molecular complexity index is 404. The lowest BCUT2D eigenvalue weighted by Gasteiger charge is -2.06. The summed E-state index contributed by atoms with van der Waals surface area (Å²) < 4.78 is 0.885.